The van der Waals surface area contributed by atoms with Crippen molar-refractivity contribution in [2.45, 2.75) is 44.6 Å². The molecule has 1 saturated heterocycles. The van der Waals surface area contributed by atoms with Crippen LogP contribution in [0, 0.1) is 5.92 Å². The second-order valence-corrected chi connectivity index (χ2v) is 5.40. The van der Waals surface area contributed by atoms with Gasteiger partial charge in [0, 0.05) is 19.5 Å². The fourth-order valence-corrected chi connectivity index (χ4v) is 2.71. The molecule has 0 aromatic heterocycles. The van der Waals surface area contributed by atoms with Gasteiger partial charge in [-0.1, -0.05) is 0 Å². The summed E-state index contributed by atoms with van der Waals surface area (Å²) < 4.78 is 0. The average molecular weight is 254 g/mol. The van der Waals surface area contributed by atoms with E-state index in [0.717, 1.165) is 32.1 Å². The predicted octanol–water partition coefficient (Wildman–Crippen LogP) is 0.276. The fourth-order valence-electron chi connectivity index (χ4n) is 2.71. The summed E-state index contributed by atoms with van der Waals surface area (Å²) in [5.74, 6) is 0.508. The average Bonchev–Trinajstić information content (AvgIpc) is 2.74. The molecular formula is C13H22N2O3. The van der Waals surface area contributed by atoms with Crippen molar-refractivity contribution >= 4 is 11.8 Å². The molecule has 0 aromatic rings. The molecule has 2 aliphatic rings. The van der Waals surface area contributed by atoms with E-state index < -0.39 is 0 Å². The van der Waals surface area contributed by atoms with Crippen molar-refractivity contribution in [3.05, 3.63) is 0 Å². The van der Waals surface area contributed by atoms with E-state index in [-0.39, 0.29) is 24.5 Å². The van der Waals surface area contributed by atoms with E-state index in [2.05, 4.69) is 5.32 Å². The first kappa shape index (κ1) is 13.3. The van der Waals surface area contributed by atoms with Gasteiger partial charge in [0.1, 0.15) is 0 Å². The van der Waals surface area contributed by atoms with Gasteiger partial charge in [0.05, 0.1) is 12.6 Å². The van der Waals surface area contributed by atoms with Crippen LogP contribution >= 0.6 is 0 Å². The van der Waals surface area contributed by atoms with E-state index in [1.807, 2.05) is 0 Å². The lowest BCUT2D eigenvalue weighted by Gasteiger charge is -2.25. The summed E-state index contributed by atoms with van der Waals surface area (Å²) in [4.78, 5) is 24.7. The molecule has 5 nitrogen and oxygen atoms in total. The van der Waals surface area contributed by atoms with Crippen LogP contribution < -0.4 is 5.32 Å². The highest BCUT2D eigenvalue weighted by atomic mass is 16.3. The third-order valence-corrected chi connectivity index (χ3v) is 3.91. The second kappa shape index (κ2) is 6.18. The fraction of sp³-hybridized carbons (Fsp3) is 0.846. The number of hydrogen-bond donors (Lipinski definition) is 2. The molecule has 1 aliphatic heterocycles. The lowest BCUT2D eigenvalue weighted by atomic mass is 9.87. The minimum atomic E-state index is -0.154. The van der Waals surface area contributed by atoms with Crippen molar-refractivity contribution in [1.82, 2.24) is 10.2 Å². The third-order valence-electron chi connectivity index (χ3n) is 3.91. The Morgan fingerprint density at radius 2 is 2.06 bits per heavy atom. The topological polar surface area (TPSA) is 69.6 Å². The number of aliphatic hydroxyl groups excluding tert-OH is 1. The number of nitrogens with zero attached hydrogens (tertiary/aromatic N) is 1. The van der Waals surface area contributed by atoms with Gasteiger partial charge < -0.3 is 15.3 Å². The number of nitrogens with one attached hydrogen (secondary N) is 1. The van der Waals surface area contributed by atoms with Crippen LogP contribution in [0.1, 0.15) is 38.5 Å². The Morgan fingerprint density at radius 3 is 2.67 bits per heavy atom. The van der Waals surface area contributed by atoms with Gasteiger partial charge in [-0.25, -0.2) is 0 Å². The smallest absolute Gasteiger partial charge is 0.239 e. The number of hydrogen-bond acceptors (Lipinski definition) is 3. The normalized spacial score (nSPS) is 28.5. The van der Waals surface area contributed by atoms with Crippen LogP contribution in [0.15, 0.2) is 0 Å². The molecule has 2 amide bonds. The first-order valence-corrected chi connectivity index (χ1v) is 6.87. The van der Waals surface area contributed by atoms with Crippen LogP contribution in [0.5, 0.6) is 0 Å². The van der Waals surface area contributed by atoms with Crippen LogP contribution in [0.3, 0.4) is 0 Å². The molecule has 0 atom stereocenters. The highest BCUT2D eigenvalue weighted by Gasteiger charge is 2.23. The number of carbonyl (C=O) groups is 2. The summed E-state index contributed by atoms with van der Waals surface area (Å²) in [6, 6.07) is 0. The van der Waals surface area contributed by atoms with Crippen molar-refractivity contribution in [1.29, 1.82) is 0 Å². The zero-order valence-electron chi connectivity index (χ0n) is 10.7. The predicted molar refractivity (Wildman–Crippen MR) is 66.8 cm³/mol. The standard InChI is InChI=1S/C13H22N2O3/c16-11-5-3-10(4-6-11)8-14-12(17)9-15-7-1-2-13(15)18/h10-11,16H,1-9H2,(H,14,17). The molecule has 2 rings (SSSR count). The Morgan fingerprint density at radius 1 is 1.33 bits per heavy atom. The van der Waals surface area contributed by atoms with Crippen LogP contribution in [0.4, 0.5) is 0 Å². The first-order chi connectivity index (χ1) is 8.65. The van der Waals surface area contributed by atoms with Crippen LogP contribution in [0.2, 0.25) is 0 Å². The molecular weight excluding hydrogens is 232 g/mol. The molecule has 1 heterocycles. The SMILES string of the molecule is O=C(CN1CCCC1=O)NCC1CCC(O)CC1. The Kier molecular flexibility index (Phi) is 4.58. The van der Waals surface area contributed by atoms with Gasteiger partial charge in [-0.2, -0.15) is 0 Å². The zero-order valence-corrected chi connectivity index (χ0v) is 10.7. The summed E-state index contributed by atoms with van der Waals surface area (Å²) in [7, 11) is 0. The van der Waals surface area contributed by atoms with E-state index in [4.69, 9.17) is 0 Å². The van der Waals surface area contributed by atoms with Gasteiger partial charge >= 0.3 is 0 Å². The maximum atomic E-state index is 11.7. The van der Waals surface area contributed by atoms with Gasteiger partial charge in [0.25, 0.3) is 0 Å². The molecule has 102 valence electrons. The van der Waals surface area contributed by atoms with Crippen molar-refractivity contribution < 1.29 is 14.7 Å². The highest BCUT2D eigenvalue weighted by Crippen LogP contribution is 2.23. The third kappa shape index (κ3) is 3.70. The quantitative estimate of drug-likeness (QED) is 0.757. The number of likely N-dealkylation sites (tertiary alicyclic amines) is 1. The number of carbonyl (C=O) groups excluding carboxylic acids is 2. The minimum Gasteiger partial charge on any atom is -0.393 e. The summed E-state index contributed by atoms with van der Waals surface area (Å²) in [5, 5.41) is 12.3. The van der Waals surface area contributed by atoms with Gasteiger partial charge in [-0.3, -0.25) is 9.59 Å². The Balaban J connectivity index is 1.64. The molecule has 0 aromatic carbocycles. The first-order valence-electron chi connectivity index (χ1n) is 6.87. The van der Waals surface area contributed by atoms with E-state index in [1.165, 1.54) is 0 Å². The highest BCUT2D eigenvalue weighted by molar-refractivity contribution is 5.85. The van der Waals surface area contributed by atoms with Gasteiger partial charge in [0.2, 0.25) is 11.8 Å². The summed E-state index contributed by atoms with van der Waals surface area (Å²) >= 11 is 0. The molecule has 0 radical (unpaired) electrons. The molecule has 2 N–H and O–H groups in total. The van der Waals surface area contributed by atoms with Gasteiger partial charge in [-0.05, 0) is 38.0 Å². The molecule has 5 heteroatoms. The Labute approximate surface area is 108 Å². The summed E-state index contributed by atoms with van der Waals surface area (Å²) in [5.41, 5.74) is 0. The second-order valence-electron chi connectivity index (χ2n) is 5.40. The van der Waals surface area contributed by atoms with Crippen LogP contribution in [-0.2, 0) is 9.59 Å². The molecule has 2 fully saturated rings. The van der Waals surface area contributed by atoms with Crippen LogP contribution in [-0.4, -0.2) is 47.6 Å². The zero-order chi connectivity index (χ0) is 13.0. The van der Waals surface area contributed by atoms with E-state index >= 15 is 0 Å². The summed E-state index contributed by atoms with van der Waals surface area (Å²) in [6.45, 7) is 1.59. The number of rotatable bonds is 4. The maximum absolute atomic E-state index is 11.7. The van der Waals surface area contributed by atoms with Gasteiger partial charge in [0.15, 0.2) is 0 Å². The largest absolute Gasteiger partial charge is 0.393 e. The lowest BCUT2D eigenvalue weighted by Crippen LogP contribution is -2.40. The number of amides is 2. The lowest BCUT2D eigenvalue weighted by molar-refractivity contribution is -0.133. The van der Waals surface area contributed by atoms with Crippen molar-refractivity contribution in [2.75, 3.05) is 19.6 Å². The van der Waals surface area contributed by atoms with Crippen LogP contribution in [0.25, 0.3) is 0 Å². The van der Waals surface area contributed by atoms with Crippen molar-refractivity contribution in [2.24, 2.45) is 5.92 Å². The summed E-state index contributed by atoms with van der Waals surface area (Å²) in [6.07, 6.45) is 4.92. The van der Waals surface area contributed by atoms with Crippen molar-refractivity contribution in [3.8, 4) is 0 Å². The van der Waals surface area contributed by atoms with Crippen molar-refractivity contribution in [3.63, 3.8) is 0 Å². The van der Waals surface area contributed by atoms with E-state index in [0.29, 0.717) is 25.4 Å². The number of aliphatic hydroxyl groups is 1. The monoisotopic (exact) mass is 254 g/mol. The molecule has 0 spiro atoms. The molecule has 1 saturated carbocycles. The van der Waals surface area contributed by atoms with E-state index in [1.54, 1.807) is 4.90 Å². The Bertz CT molecular complexity index is 311. The van der Waals surface area contributed by atoms with Gasteiger partial charge in [-0.15, -0.1) is 0 Å². The van der Waals surface area contributed by atoms with E-state index in [9.17, 15) is 14.7 Å². The molecule has 1 aliphatic carbocycles. The maximum Gasteiger partial charge on any atom is 0.239 e. The minimum absolute atomic E-state index is 0.0589. The Hall–Kier alpha value is -1.10. The molecule has 18 heavy (non-hydrogen) atoms. The molecule has 0 bridgehead atoms. The molecule has 0 unspecified atom stereocenters.